The van der Waals surface area contributed by atoms with Crippen LogP contribution in [0.2, 0.25) is 0 Å². The lowest BCUT2D eigenvalue weighted by Crippen LogP contribution is -2.04. The topological polar surface area (TPSA) is 67.5 Å². The van der Waals surface area contributed by atoms with Crippen molar-refractivity contribution in [1.29, 1.82) is 0 Å². The average Bonchev–Trinajstić information content (AvgIpc) is 2.47. The lowest BCUT2D eigenvalue weighted by molar-refractivity contribution is 0.476. The van der Waals surface area contributed by atoms with E-state index in [9.17, 15) is 14.7 Å². The van der Waals surface area contributed by atoms with Crippen molar-refractivity contribution >= 4 is 21.5 Å². The molecule has 0 radical (unpaired) electrons. The second kappa shape index (κ2) is 3.70. The van der Waals surface area contributed by atoms with Crippen LogP contribution in [0.5, 0.6) is 5.75 Å². The second-order valence-electron chi connectivity index (χ2n) is 3.95. The van der Waals surface area contributed by atoms with Crippen LogP contribution in [0.25, 0.3) is 21.5 Å². The highest BCUT2D eigenvalue weighted by atomic mass is 16.4. The lowest BCUT2D eigenvalue weighted by Gasteiger charge is -1.96. The van der Waals surface area contributed by atoms with E-state index in [-0.39, 0.29) is 11.1 Å². The number of hydrogen-bond acceptors (Lipinski definition) is 4. The first-order valence-electron chi connectivity index (χ1n) is 5.36. The standard InChI is InChI=1S/C14H8O4/c15-8-5-6-11-12(7-8)9-3-1-2-4-10(9)13(16)18-14(11)17/h1-7,15H. The van der Waals surface area contributed by atoms with Crippen LogP contribution in [0.4, 0.5) is 0 Å². The van der Waals surface area contributed by atoms with Gasteiger partial charge in [0.2, 0.25) is 0 Å². The molecule has 3 rings (SSSR count). The molecule has 0 atom stereocenters. The van der Waals surface area contributed by atoms with Gasteiger partial charge in [0.15, 0.2) is 0 Å². The van der Waals surface area contributed by atoms with Gasteiger partial charge in [-0.05, 0) is 29.7 Å². The summed E-state index contributed by atoms with van der Waals surface area (Å²) < 4.78 is 4.74. The highest BCUT2D eigenvalue weighted by Gasteiger charge is 2.07. The summed E-state index contributed by atoms with van der Waals surface area (Å²) in [5, 5.41) is 11.2. The summed E-state index contributed by atoms with van der Waals surface area (Å²) in [7, 11) is 0. The molecule has 4 heteroatoms. The van der Waals surface area contributed by atoms with E-state index >= 15 is 0 Å². The fraction of sp³-hybridized carbons (Fsp3) is 0. The zero-order chi connectivity index (χ0) is 12.7. The molecule has 0 fully saturated rings. The first kappa shape index (κ1) is 10.5. The lowest BCUT2D eigenvalue weighted by atomic mass is 10.1. The van der Waals surface area contributed by atoms with Crippen LogP contribution < -0.4 is 11.3 Å². The second-order valence-corrected chi connectivity index (χ2v) is 3.95. The molecule has 0 aliphatic carbocycles. The molecule has 88 valence electrons. The van der Waals surface area contributed by atoms with Crippen LogP contribution in [0.1, 0.15) is 0 Å². The Morgan fingerprint density at radius 2 is 1.39 bits per heavy atom. The zero-order valence-electron chi connectivity index (χ0n) is 9.21. The number of hydrogen-bond donors (Lipinski definition) is 1. The van der Waals surface area contributed by atoms with Crippen molar-refractivity contribution in [3.8, 4) is 5.75 Å². The third kappa shape index (κ3) is 1.47. The summed E-state index contributed by atoms with van der Waals surface area (Å²) in [5.41, 5.74) is -1.38. The highest BCUT2D eigenvalue weighted by Crippen LogP contribution is 2.23. The van der Waals surface area contributed by atoms with Gasteiger partial charge in [-0.3, -0.25) is 0 Å². The molecule has 18 heavy (non-hydrogen) atoms. The zero-order valence-corrected chi connectivity index (χ0v) is 9.21. The fourth-order valence-electron chi connectivity index (χ4n) is 2.02. The Bertz CT molecular complexity index is 878. The third-order valence-corrected chi connectivity index (χ3v) is 2.85. The van der Waals surface area contributed by atoms with Crippen molar-refractivity contribution in [3.63, 3.8) is 0 Å². The third-order valence-electron chi connectivity index (χ3n) is 2.85. The van der Waals surface area contributed by atoms with Crippen LogP contribution in [0, 0.1) is 0 Å². The monoisotopic (exact) mass is 240 g/mol. The Hall–Kier alpha value is -2.62. The Labute approximate surface area is 101 Å². The van der Waals surface area contributed by atoms with E-state index in [1.54, 1.807) is 24.3 Å². The van der Waals surface area contributed by atoms with Gasteiger partial charge in [-0.1, -0.05) is 18.2 Å². The summed E-state index contributed by atoms with van der Waals surface area (Å²) in [5.74, 6) is 0.0331. The number of phenolic OH excluding ortho intramolecular Hbond substituents is 1. The van der Waals surface area contributed by atoms with Crippen molar-refractivity contribution in [2.45, 2.75) is 0 Å². The van der Waals surface area contributed by atoms with E-state index in [0.29, 0.717) is 16.2 Å². The van der Waals surface area contributed by atoms with Crippen molar-refractivity contribution < 1.29 is 9.52 Å². The van der Waals surface area contributed by atoms with Crippen molar-refractivity contribution in [2.75, 3.05) is 0 Å². The molecule has 4 nitrogen and oxygen atoms in total. The Morgan fingerprint density at radius 1 is 0.778 bits per heavy atom. The first-order chi connectivity index (χ1) is 8.66. The quantitative estimate of drug-likeness (QED) is 0.652. The molecular formula is C14H8O4. The van der Waals surface area contributed by atoms with E-state index in [4.69, 9.17) is 4.42 Å². The van der Waals surface area contributed by atoms with Gasteiger partial charge in [0.25, 0.3) is 0 Å². The molecule has 0 amide bonds. The number of aromatic hydroxyl groups is 1. The molecule has 1 aromatic heterocycles. The predicted octanol–water partition coefficient (Wildman–Crippen LogP) is 2.01. The molecule has 0 spiro atoms. The van der Waals surface area contributed by atoms with Crippen LogP contribution in [0.3, 0.4) is 0 Å². The highest BCUT2D eigenvalue weighted by molar-refractivity contribution is 6.05. The molecule has 0 unspecified atom stereocenters. The molecule has 0 aliphatic heterocycles. The van der Waals surface area contributed by atoms with E-state index in [1.165, 1.54) is 18.2 Å². The molecule has 0 bridgehead atoms. The maximum Gasteiger partial charge on any atom is 0.346 e. The average molecular weight is 240 g/mol. The SMILES string of the molecule is O=c1oc(=O)c2ccc(O)cc2c2ccccc12. The van der Waals surface area contributed by atoms with Crippen LogP contribution in [-0.2, 0) is 0 Å². The van der Waals surface area contributed by atoms with E-state index in [2.05, 4.69) is 0 Å². The molecule has 1 N–H and O–H groups in total. The van der Waals surface area contributed by atoms with Gasteiger partial charge in [-0.2, -0.15) is 0 Å². The normalized spacial score (nSPS) is 10.9. The van der Waals surface area contributed by atoms with Crippen molar-refractivity contribution in [2.24, 2.45) is 0 Å². The van der Waals surface area contributed by atoms with Gasteiger partial charge in [0.1, 0.15) is 5.75 Å². The minimum atomic E-state index is -0.703. The number of phenols is 1. The molecule has 2 aromatic carbocycles. The molecule has 0 saturated heterocycles. The van der Waals surface area contributed by atoms with E-state index < -0.39 is 11.3 Å². The summed E-state index contributed by atoms with van der Waals surface area (Å²) in [4.78, 5) is 23.5. The van der Waals surface area contributed by atoms with Gasteiger partial charge in [0, 0.05) is 5.39 Å². The summed E-state index contributed by atoms with van der Waals surface area (Å²) in [6, 6.07) is 11.0. The van der Waals surface area contributed by atoms with Gasteiger partial charge in [0.05, 0.1) is 10.8 Å². The first-order valence-corrected chi connectivity index (χ1v) is 5.36. The molecule has 0 saturated carbocycles. The summed E-state index contributed by atoms with van der Waals surface area (Å²) in [6.07, 6.45) is 0. The van der Waals surface area contributed by atoms with E-state index in [1.807, 2.05) is 0 Å². The Morgan fingerprint density at radius 3 is 2.11 bits per heavy atom. The molecule has 1 heterocycles. The van der Waals surface area contributed by atoms with Gasteiger partial charge in [-0.25, -0.2) is 9.59 Å². The molecule has 3 aromatic rings. The van der Waals surface area contributed by atoms with E-state index in [0.717, 1.165) is 0 Å². The number of fused-ring (bicyclic) bond motifs is 3. The van der Waals surface area contributed by atoms with Gasteiger partial charge in [-0.15, -0.1) is 0 Å². The van der Waals surface area contributed by atoms with Crippen LogP contribution in [0.15, 0.2) is 56.5 Å². The Kier molecular flexibility index (Phi) is 2.16. The van der Waals surface area contributed by atoms with Crippen LogP contribution >= 0.6 is 0 Å². The van der Waals surface area contributed by atoms with Gasteiger partial charge < -0.3 is 9.52 Å². The van der Waals surface area contributed by atoms with Crippen molar-refractivity contribution in [1.82, 2.24) is 0 Å². The summed E-state index contributed by atoms with van der Waals surface area (Å²) >= 11 is 0. The largest absolute Gasteiger partial charge is 0.508 e. The maximum atomic E-state index is 11.8. The molecule has 0 aliphatic rings. The smallest absolute Gasteiger partial charge is 0.346 e. The predicted molar refractivity (Wildman–Crippen MR) is 67.9 cm³/mol. The maximum absolute atomic E-state index is 11.8. The minimum Gasteiger partial charge on any atom is -0.508 e. The fourth-order valence-corrected chi connectivity index (χ4v) is 2.02. The Balaban J connectivity index is 2.80. The minimum absolute atomic E-state index is 0.0331. The number of benzene rings is 2. The van der Waals surface area contributed by atoms with Crippen molar-refractivity contribution in [3.05, 3.63) is 63.3 Å². The number of rotatable bonds is 0. The van der Waals surface area contributed by atoms with Crippen LogP contribution in [-0.4, -0.2) is 5.11 Å². The molecular weight excluding hydrogens is 232 g/mol. The van der Waals surface area contributed by atoms with Gasteiger partial charge >= 0.3 is 11.3 Å². The summed E-state index contributed by atoms with van der Waals surface area (Å²) in [6.45, 7) is 0.